The Balaban J connectivity index is 1.45. The second kappa shape index (κ2) is 45.8. The Hall–Kier alpha value is -1.47. The lowest BCUT2D eigenvalue weighted by Gasteiger charge is -2.48. The van der Waals surface area contributed by atoms with Crippen LogP contribution in [-0.2, 0) is 33.2 Å². The first-order valence-electron chi connectivity index (χ1n) is 32.4. The number of hydrogen-bond acceptors (Lipinski definition) is 18. The Labute approximate surface area is 486 Å². The van der Waals surface area contributed by atoms with Gasteiger partial charge in [-0.15, -0.1) is 0 Å². The summed E-state index contributed by atoms with van der Waals surface area (Å²) in [7, 11) is 0. The highest BCUT2D eigenvalue weighted by Crippen LogP contribution is 2.33. The minimum absolute atomic E-state index is 0.250. The van der Waals surface area contributed by atoms with Crippen LogP contribution in [0.25, 0.3) is 0 Å². The number of allylic oxidation sites excluding steroid dienone is 2. The lowest BCUT2D eigenvalue weighted by Crippen LogP contribution is -2.66. The highest BCUT2D eigenvalue weighted by molar-refractivity contribution is 5.76. The minimum atomic E-state index is -1.97. The molecule has 3 fully saturated rings. The highest BCUT2D eigenvalue weighted by atomic mass is 16.8. The van der Waals surface area contributed by atoms with E-state index in [1.165, 1.54) is 148 Å². The molecule has 3 aliphatic rings. The van der Waals surface area contributed by atoms with Crippen LogP contribution in [0.3, 0.4) is 0 Å². The molecule has 0 aromatic rings. The summed E-state index contributed by atoms with van der Waals surface area (Å²) in [4.78, 5) is 13.3. The van der Waals surface area contributed by atoms with E-state index in [4.69, 9.17) is 28.4 Å². The summed E-state index contributed by atoms with van der Waals surface area (Å²) in [5, 5.41) is 120. The molecule has 3 saturated heterocycles. The maximum atomic E-state index is 13.3. The van der Waals surface area contributed by atoms with Crippen molar-refractivity contribution >= 4 is 5.91 Å². The van der Waals surface area contributed by atoms with E-state index in [9.17, 15) is 61.0 Å². The average molecular weight is 1160 g/mol. The second-order valence-corrected chi connectivity index (χ2v) is 23.6. The van der Waals surface area contributed by atoms with Crippen LogP contribution in [-0.4, -0.2) is 193 Å². The van der Waals surface area contributed by atoms with Crippen LogP contribution in [0.5, 0.6) is 0 Å². The monoisotopic (exact) mass is 1160 g/mol. The predicted molar refractivity (Wildman–Crippen MR) is 310 cm³/mol. The Morgan fingerprint density at radius 3 is 1.21 bits per heavy atom. The van der Waals surface area contributed by atoms with Gasteiger partial charge in [-0.1, -0.05) is 212 Å². The van der Waals surface area contributed by atoms with Gasteiger partial charge in [0.25, 0.3) is 0 Å². The molecule has 0 radical (unpaired) electrons. The number of aliphatic hydroxyl groups excluding tert-OH is 11. The van der Waals surface area contributed by atoms with Crippen LogP contribution in [0.2, 0.25) is 0 Å². The fourth-order valence-corrected chi connectivity index (χ4v) is 11.3. The molecule has 0 saturated carbocycles. The predicted octanol–water partition coefficient (Wildman–Crippen LogP) is 6.94. The van der Waals surface area contributed by atoms with Gasteiger partial charge in [-0.25, -0.2) is 0 Å². The van der Waals surface area contributed by atoms with Gasteiger partial charge in [0.2, 0.25) is 5.91 Å². The van der Waals surface area contributed by atoms with Crippen molar-refractivity contribution in [1.82, 2.24) is 5.32 Å². The fraction of sp³-hybridized carbons (Fsp3) is 0.952. The number of ether oxygens (including phenoxy) is 6. The van der Waals surface area contributed by atoms with E-state index in [0.717, 1.165) is 64.2 Å². The van der Waals surface area contributed by atoms with Gasteiger partial charge in [-0.2, -0.15) is 0 Å². The average Bonchev–Trinajstić information content (AvgIpc) is 3.51. The summed E-state index contributed by atoms with van der Waals surface area (Å²) in [5.41, 5.74) is 0. The molecule has 81 heavy (non-hydrogen) atoms. The molecule has 17 unspecified atom stereocenters. The van der Waals surface area contributed by atoms with Gasteiger partial charge in [-0.3, -0.25) is 4.79 Å². The zero-order valence-corrected chi connectivity index (χ0v) is 50.0. The molecule has 0 aliphatic carbocycles. The summed E-state index contributed by atoms with van der Waals surface area (Å²) in [6.07, 6.45) is 20.1. The molecule has 478 valence electrons. The smallest absolute Gasteiger partial charge is 0.220 e. The minimum Gasteiger partial charge on any atom is -0.394 e. The SMILES string of the molecule is CCCCCC/C=C\CCCCCCCC(=O)NC(COC1OC(CO)C(OC2OC(CO)C(OC3OC(CO)C(O)C(O)C3O)C(O)C2O)C(O)C1O)C(O)CCCCCCCCCCCCCCCCCCCCCCCCC. The van der Waals surface area contributed by atoms with Gasteiger partial charge in [0.05, 0.1) is 38.6 Å². The van der Waals surface area contributed by atoms with E-state index >= 15 is 0 Å². The number of carbonyl (C=O) groups excluding carboxylic acids is 1. The molecule has 0 bridgehead atoms. The third-order valence-electron chi connectivity index (χ3n) is 16.6. The summed E-state index contributed by atoms with van der Waals surface area (Å²) in [6, 6.07) is -0.888. The second-order valence-electron chi connectivity index (χ2n) is 23.6. The van der Waals surface area contributed by atoms with Crippen LogP contribution in [0.15, 0.2) is 12.2 Å². The van der Waals surface area contributed by atoms with E-state index in [0.29, 0.717) is 12.8 Å². The van der Waals surface area contributed by atoms with Crippen LogP contribution in [0.4, 0.5) is 0 Å². The molecule has 19 heteroatoms. The third kappa shape index (κ3) is 29.2. The van der Waals surface area contributed by atoms with Crippen molar-refractivity contribution in [3.63, 3.8) is 0 Å². The maximum Gasteiger partial charge on any atom is 0.220 e. The largest absolute Gasteiger partial charge is 0.394 e. The van der Waals surface area contributed by atoms with Crippen LogP contribution in [0, 0.1) is 0 Å². The Morgan fingerprint density at radius 1 is 0.432 bits per heavy atom. The number of rotatable bonds is 49. The van der Waals surface area contributed by atoms with Gasteiger partial charge >= 0.3 is 0 Å². The zero-order valence-electron chi connectivity index (χ0n) is 50.0. The first-order valence-corrected chi connectivity index (χ1v) is 32.4. The topological polar surface area (TPSA) is 307 Å². The molecule has 12 N–H and O–H groups in total. The van der Waals surface area contributed by atoms with Crippen molar-refractivity contribution in [1.29, 1.82) is 0 Å². The Bertz CT molecular complexity index is 1530. The first-order chi connectivity index (χ1) is 39.3. The molecule has 3 heterocycles. The summed E-state index contributed by atoms with van der Waals surface area (Å²) >= 11 is 0. The zero-order chi connectivity index (χ0) is 59.0. The number of hydrogen-bond donors (Lipinski definition) is 12. The number of unbranched alkanes of at least 4 members (excludes halogenated alkanes) is 31. The molecule has 0 aromatic heterocycles. The Morgan fingerprint density at radius 2 is 0.778 bits per heavy atom. The number of nitrogens with one attached hydrogen (secondary N) is 1. The third-order valence-corrected chi connectivity index (χ3v) is 16.6. The van der Waals surface area contributed by atoms with Gasteiger partial charge < -0.3 is 89.9 Å². The van der Waals surface area contributed by atoms with Gasteiger partial charge in [0, 0.05) is 6.42 Å². The summed E-state index contributed by atoms with van der Waals surface area (Å²) in [6.45, 7) is 1.79. The van der Waals surface area contributed by atoms with Crippen molar-refractivity contribution < 1.29 is 89.4 Å². The molecular weight excluding hydrogens is 1050 g/mol. The number of aliphatic hydroxyl groups is 11. The van der Waals surface area contributed by atoms with Crippen molar-refractivity contribution in [2.24, 2.45) is 0 Å². The van der Waals surface area contributed by atoms with E-state index in [1.807, 2.05) is 0 Å². The molecule has 3 rings (SSSR count). The van der Waals surface area contributed by atoms with E-state index in [1.54, 1.807) is 0 Å². The van der Waals surface area contributed by atoms with Gasteiger partial charge in [0.1, 0.15) is 73.2 Å². The molecule has 0 aromatic carbocycles. The normalized spacial score (nSPS) is 29.8. The quantitative estimate of drug-likeness (QED) is 0.0217. The van der Waals surface area contributed by atoms with Crippen LogP contribution < -0.4 is 5.32 Å². The molecule has 3 aliphatic heterocycles. The van der Waals surface area contributed by atoms with Gasteiger partial charge in [-0.05, 0) is 38.5 Å². The molecular formula is C62H117NO18. The van der Waals surface area contributed by atoms with Crippen molar-refractivity contribution in [3.05, 3.63) is 12.2 Å². The Kier molecular flexibility index (Phi) is 41.7. The standard InChI is InChI=1S/C62H117NO18/c1-3-5-7-9-11-13-15-17-18-19-20-21-22-23-24-25-26-28-29-31-33-35-37-39-46(67)45(63-50(68)40-38-36-34-32-30-27-16-14-12-10-8-6-4-2)44-76-60-56(74)53(71)58(48(42-65)78-60)81-62-57(75)54(72)59(49(43-66)79-62)80-61-55(73)52(70)51(69)47(41-64)77-61/h14,16,45-49,51-62,64-67,69-75H,3-13,15,17-44H2,1-2H3,(H,63,68)/b16-14-. The first kappa shape index (κ1) is 73.8. The van der Waals surface area contributed by atoms with Crippen molar-refractivity contribution in [3.8, 4) is 0 Å². The number of carbonyl (C=O) groups is 1. The lowest BCUT2D eigenvalue weighted by atomic mass is 9.96. The van der Waals surface area contributed by atoms with E-state index in [2.05, 4.69) is 31.3 Å². The van der Waals surface area contributed by atoms with E-state index < -0.39 is 124 Å². The molecule has 1 amide bonds. The molecule has 0 spiro atoms. The van der Waals surface area contributed by atoms with Gasteiger partial charge in [0.15, 0.2) is 18.9 Å². The number of amides is 1. The fourth-order valence-electron chi connectivity index (χ4n) is 11.3. The maximum absolute atomic E-state index is 13.3. The van der Waals surface area contributed by atoms with Crippen molar-refractivity contribution in [2.75, 3.05) is 26.4 Å². The summed E-state index contributed by atoms with van der Waals surface area (Å²) in [5.74, 6) is -0.250. The van der Waals surface area contributed by atoms with E-state index in [-0.39, 0.29) is 18.9 Å². The van der Waals surface area contributed by atoms with Crippen LogP contribution in [0.1, 0.15) is 245 Å². The van der Waals surface area contributed by atoms with Crippen LogP contribution >= 0.6 is 0 Å². The molecule has 19 nitrogen and oxygen atoms in total. The highest BCUT2D eigenvalue weighted by Gasteiger charge is 2.53. The lowest BCUT2D eigenvalue weighted by molar-refractivity contribution is -0.379. The molecule has 17 atom stereocenters. The van der Waals surface area contributed by atoms with Crippen molar-refractivity contribution in [2.45, 2.75) is 349 Å². The summed E-state index contributed by atoms with van der Waals surface area (Å²) < 4.78 is 34.3.